The first kappa shape index (κ1) is 14.2. The number of nitro benzene ring substituents is 1. The van der Waals surface area contributed by atoms with Crippen molar-refractivity contribution in [3.63, 3.8) is 0 Å². The zero-order valence-electron chi connectivity index (χ0n) is 10.8. The van der Waals surface area contributed by atoms with Crippen LogP contribution in [-0.4, -0.2) is 24.1 Å². The molecule has 2 unspecified atom stereocenters. The van der Waals surface area contributed by atoms with Crippen molar-refractivity contribution in [2.24, 2.45) is 5.92 Å². The molecular formula is C13H17ClN2O3. The van der Waals surface area contributed by atoms with Gasteiger partial charge < -0.3 is 10.1 Å². The standard InChI is InChI=1S/C13H17ClN2O3/c1-9-4-5-15-7-13(9)19-8-10-2-3-11(16(17)18)6-12(10)14/h2-3,6,9,13,15H,4-5,7-8H2,1H3. The lowest BCUT2D eigenvalue weighted by Gasteiger charge is -2.29. The minimum atomic E-state index is -0.455. The van der Waals surface area contributed by atoms with E-state index in [1.165, 1.54) is 12.1 Å². The van der Waals surface area contributed by atoms with Crippen molar-refractivity contribution in [2.45, 2.75) is 26.1 Å². The molecule has 1 N–H and O–H groups in total. The van der Waals surface area contributed by atoms with E-state index in [1.54, 1.807) is 6.07 Å². The average Bonchev–Trinajstić information content (AvgIpc) is 2.39. The van der Waals surface area contributed by atoms with E-state index in [0.717, 1.165) is 25.1 Å². The minimum absolute atomic E-state index is 0.00134. The van der Waals surface area contributed by atoms with Gasteiger partial charge in [0, 0.05) is 18.7 Å². The van der Waals surface area contributed by atoms with E-state index in [2.05, 4.69) is 12.2 Å². The zero-order chi connectivity index (χ0) is 13.8. The quantitative estimate of drug-likeness (QED) is 0.682. The third kappa shape index (κ3) is 3.65. The molecule has 0 spiro atoms. The fourth-order valence-corrected chi connectivity index (χ4v) is 2.38. The van der Waals surface area contributed by atoms with Crippen LogP contribution in [-0.2, 0) is 11.3 Å². The largest absolute Gasteiger partial charge is 0.372 e. The third-order valence-electron chi connectivity index (χ3n) is 3.46. The first-order valence-electron chi connectivity index (χ1n) is 6.33. The van der Waals surface area contributed by atoms with Crippen molar-refractivity contribution in [1.29, 1.82) is 0 Å². The fraction of sp³-hybridized carbons (Fsp3) is 0.538. The summed E-state index contributed by atoms with van der Waals surface area (Å²) in [5.41, 5.74) is 0.784. The molecule has 5 nitrogen and oxygen atoms in total. The maximum Gasteiger partial charge on any atom is 0.270 e. The highest BCUT2D eigenvalue weighted by Crippen LogP contribution is 2.24. The molecular weight excluding hydrogens is 268 g/mol. The summed E-state index contributed by atoms with van der Waals surface area (Å²) in [5.74, 6) is 0.512. The second-order valence-corrected chi connectivity index (χ2v) is 5.26. The zero-order valence-corrected chi connectivity index (χ0v) is 11.5. The molecule has 6 heteroatoms. The monoisotopic (exact) mass is 284 g/mol. The van der Waals surface area contributed by atoms with Crippen LogP contribution in [0.1, 0.15) is 18.9 Å². The Morgan fingerprint density at radius 1 is 1.58 bits per heavy atom. The van der Waals surface area contributed by atoms with E-state index < -0.39 is 4.92 Å². The predicted molar refractivity (Wildman–Crippen MR) is 73.3 cm³/mol. The lowest BCUT2D eigenvalue weighted by Crippen LogP contribution is -2.40. The van der Waals surface area contributed by atoms with Gasteiger partial charge in [0.25, 0.3) is 5.69 Å². The molecule has 2 atom stereocenters. The van der Waals surface area contributed by atoms with Crippen LogP contribution in [0, 0.1) is 16.0 Å². The van der Waals surface area contributed by atoms with E-state index >= 15 is 0 Å². The molecule has 0 aliphatic carbocycles. The number of benzene rings is 1. The summed E-state index contributed by atoms with van der Waals surface area (Å²) in [6, 6.07) is 4.47. The Bertz CT molecular complexity index is 467. The summed E-state index contributed by atoms with van der Waals surface area (Å²) in [6.45, 7) is 4.42. The van der Waals surface area contributed by atoms with Crippen molar-refractivity contribution in [1.82, 2.24) is 5.32 Å². The minimum Gasteiger partial charge on any atom is -0.372 e. The van der Waals surface area contributed by atoms with Gasteiger partial charge in [-0.2, -0.15) is 0 Å². The van der Waals surface area contributed by atoms with E-state index in [-0.39, 0.29) is 11.8 Å². The molecule has 1 fully saturated rings. The first-order valence-corrected chi connectivity index (χ1v) is 6.71. The van der Waals surface area contributed by atoms with Crippen molar-refractivity contribution in [3.8, 4) is 0 Å². The van der Waals surface area contributed by atoms with Crippen LogP contribution >= 0.6 is 11.6 Å². The number of hydrogen-bond donors (Lipinski definition) is 1. The van der Waals surface area contributed by atoms with Crippen LogP contribution in [0.5, 0.6) is 0 Å². The number of hydrogen-bond acceptors (Lipinski definition) is 4. The van der Waals surface area contributed by atoms with Gasteiger partial charge in [0.15, 0.2) is 0 Å². The van der Waals surface area contributed by atoms with E-state index in [1.807, 2.05) is 0 Å². The number of piperidine rings is 1. The molecule has 1 aromatic carbocycles. The van der Waals surface area contributed by atoms with Gasteiger partial charge in [-0.15, -0.1) is 0 Å². The molecule has 1 aromatic rings. The molecule has 104 valence electrons. The van der Waals surface area contributed by atoms with Gasteiger partial charge in [-0.05, 0) is 30.5 Å². The molecule has 2 rings (SSSR count). The van der Waals surface area contributed by atoms with Crippen molar-refractivity contribution in [2.75, 3.05) is 13.1 Å². The summed E-state index contributed by atoms with van der Waals surface area (Å²) in [7, 11) is 0. The summed E-state index contributed by atoms with van der Waals surface area (Å²) < 4.78 is 5.85. The van der Waals surface area contributed by atoms with Crippen molar-refractivity contribution >= 4 is 17.3 Å². The van der Waals surface area contributed by atoms with Gasteiger partial charge >= 0.3 is 0 Å². The van der Waals surface area contributed by atoms with Gasteiger partial charge in [-0.25, -0.2) is 0 Å². The highest BCUT2D eigenvalue weighted by atomic mass is 35.5. The number of rotatable bonds is 4. The molecule has 0 bridgehead atoms. The Kier molecular flexibility index (Phi) is 4.74. The second kappa shape index (κ2) is 6.32. The Labute approximate surface area is 117 Å². The SMILES string of the molecule is CC1CCNCC1OCc1ccc([N+](=O)[O-])cc1Cl. The van der Waals surface area contributed by atoms with E-state index in [9.17, 15) is 10.1 Å². The van der Waals surface area contributed by atoms with Gasteiger partial charge in [-0.3, -0.25) is 10.1 Å². The average molecular weight is 285 g/mol. The Balaban J connectivity index is 1.97. The molecule has 0 radical (unpaired) electrons. The molecule has 1 saturated heterocycles. The molecule has 0 aromatic heterocycles. The first-order chi connectivity index (χ1) is 9.08. The molecule has 1 aliphatic rings. The van der Waals surface area contributed by atoms with E-state index in [0.29, 0.717) is 17.5 Å². The Morgan fingerprint density at radius 2 is 2.37 bits per heavy atom. The molecule has 1 aliphatic heterocycles. The molecule has 0 saturated carbocycles. The number of nitro groups is 1. The molecule has 0 amide bonds. The van der Waals surface area contributed by atoms with Crippen LogP contribution in [0.25, 0.3) is 0 Å². The summed E-state index contributed by atoms with van der Waals surface area (Å²) in [5, 5.41) is 14.3. The van der Waals surface area contributed by atoms with Gasteiger partial charge in [0.1, 0.15) is 0 Å². The topological polar surface area (TPSA) is 64.4 Å². The third-order valence-corrected chi connectivity index (χ3v) is 3.81. The van der Waals surface area contributed by atoms with Gasteiger partial charge in [-0.1, -0.05) is 18.5 Å². The number of ether oxygens (including phenoxy) is 1. The Morgan fingerprint density at radius 3 is 3.00 bits per heavy atom. The maximum absolute atomic E-state index is 10.6. The predicted octanol–water partition coefficient (Wildman–Crippen LogP) is 2.76. The summed E-state index contributed by atoms with van der Waals surface area (Å²) in [4.78, 5) is 10.2. The highest BCUT2D eigenvalue weighted by molar-refractivity contribution is 6.31. The van der Waals surface area contributed by atoms with Gasteiger partial charge in [0.05, 0.1) is 22.7 Å². The smallest absolute Gasteiger partial charge is 0.270 e. The fourth-order valence-electron chi connectivity index (χ4n) is 2.15. The number of non-ortho nitro benzene ring substituents is 1. The highest BCUT2D eigenvalue weighted by Gasteiger charge is 2.22. The van der Waals surface area contributed by atoms with Crippen LogP contribution in [0.2, 0.25) is 5.02 Å². The lowest BCUT2D eigenvalue weighted by molar-refractivity contribution is -0.384. The number of nitrogens with one attached hydrogen (secondary N) is 1. The maximum atomic E-state index is 10.6. The van der Waals surface area contributed by atoms with Gasteiger partial charge in [0.2, 0.25) is 0 Å². The van der Waals surface area contributed by atoms with Crippen LogP contribution in [0.15, 0.2) is 18.2 Å². The summed E-state index contributed by atoms with van der Waals surface area (Å²) in [6.07, 6.45) is 1.26. The summed E-state index contributed by atoms with van der Waals surface area (Å²) >= 11 is 6.03. The number of halogens is 1. The normalized spacial score (nSPS) is 23.3. The van der Waals surface area contributed by atoms with Crippen molar-refractivity contribution in [3.05, 3.63) is 38.9 Å². The molecule has 19 heavy (non-hydrogen) atoms. The molecule has 1 heterocycles. The van der Waals surface area contributed by atoms with Crippen LogP contribution in [0.3, 0.4) is 0 Å². The number of nitrogens with zero attached hydrogens (tertiary/aromatic N) is 1. The van der Waals surface area contributed by atoms with Crippen LogP contribution < -0.4 is 5.32 Å². The van der Waals surface area contributed by atoms with Crippen molar-refractivity contribution < 1.29 is 9.66 Å². The second-order valence-electron chi connectivity index (χ2n) is 4.85. The Hall–Kier alpha value is -1.17. The lowest BCUT2D eigenvalue weighted by atomic mass is 9.97. The van der Waals surface area contributed by atoms with E-state index in [4.69, 9.17) is 16.3 Å². The van der Waals surface area contributed by atoms with Crippen LogP contribution in [0.4, 0.5) is 5.69 Å².